The number of rotatable bonds is 3. The Morgan fingerprint density at radius 2 is 1.89 bits per heavy atom. The van der Waals surface area contributed by atoms with Crippen LogP contribution in [0.2, 0.25) is 0 Å². The molecule has 4 aliphatic rings. The second kappa shape index (κ2) is 7.25. The molecule has 3 saturated carbocycles. The predicted molar refractivity (Wildman–Crippen MR) is 103 cm³/mol. The molecule has 7 atom stereocenters. The summed E-state index contributed by atoms with van der Waals surface area (Å²) in [5.74, 6) is 1.87. The molecule has 0 spiro atoms. The van der Waals surface area contributed by atoms with Crippen LogP contribution in [-0.4, -0.2) is 24.1 Å². The Morgan fingerprint density at radius 3 is 2.59 bits per heavy atom. The van der Waals surface area contributed by atoms with Gasteiger partial charge in [-0.2, -0.15) is 0 Å². The summed E-state index contributed by atoms with van der Waals surface area (Å²) in [6.07, 6.45) is 12.5. The van der Waals surface area contributed by atoms with Crippen molar-refractivity contribution in [1.82, 2.24) is 0 Å². The number of hydrogen-bond donors (Lipinski definition) is 0. The normalized spacial score (nSPS) is 43.0. The molecule has 0 unspecified atom stereocenters. The van der Waals surface area contributed by atoms with Gasteiger partial charge in [-0.25, -0.2) is 0 Å². The second-order valence-corrected chi connectivity index (χ2v) is 9.32. The Kier molecular flexibility index (Phi) is 5.11. The summed E-state index contributed by atoms with van der Waals surface area (Å²) in [5.41, 5.74) is 1.60. The molecule has 4 rings (SSSR count). The average Bonchev–Trinajstić information content (AvgIpc) is 2.99. The summed E-state index contributed by atoms with van der Waals surface area (Å²) in [5, 5.41) is 0. The summed E-state index contributed by atoms with van der Waals surface area (Å²) >= 11 is 0. The van der Waals surface area contributed by atoms with Gasteiger partial charge in [-0.15, -0.1) is 0 Å². The first-order valence-electron chi connectivity index (χ1n) is 11.0. The maximum absolute atomic E-state index is 12.0. The molecule has 27 heavy (non-hydrogen) atoms. The monoisotopic (exact) mass is 374 g/mol. The highest BCUT2D eigenvalue weighted by Crippen LogP contribution is 2.64. The molecule has 150 valence electrons. The molecule has 0 aromatic heterocycles. The van der Waals surface area contributed by atoms with Crippen LogP contribution >= 0.6 is 0 Å². The van der Waals surface area contributed by atoms with E-state index in [1.54, 1.807) is 12.5 Å². The molecule has 0 N–H and O–H groups in total. The summed E-state index contributed by atoms with van der Waals surface area (Å²) in [6.45, 7) is 5.29. The van der Waals surface area contributed by atoms with Crippen LogP contribution in [0.15, 0.2) is 11.6 Å². The van der Waals surface area contributed by atoms with Gasteiger partial charge in [0, 0.05) is 25.2 Å². The highest BCUT2D eigenvalue weighted by atomic mass is 16.5. The molecule has 0 radical (unpaired) electrons. The number of fused-ring (bicyclic) bond motifs is 5. The topological polar surface area (TPSA) is 52.6 Å². The molecule has 0 aromatic carbocycles. The van der Waals surface area contributed by atoms with Crippen LogP contribution in [0.25, 0.3) is 0 Å². The van der Waals surface area contributed by atoms with E-state index in [-0.39, 0.29) is 29.6 Å². The third-order valence-electron chi connectivity index (χ3n) is 8.26. The van der Waals surface area contributed by atoms with Gasteiger partial charge >= 0.3 is 11.9 Å². The molecular weight excluding hydrogens is 340 g/mol. The number of allylic oxidation sites excluding steroid dienone is 2. The minimum Gasteiger partial charge on any atom is -0.462 e. The van der Waals surface area contributed by atoms with Gasteiger partial charge in [0.2, 0.25) is 0 Å². The minimum atomic E-state index is -0.180. The smallest absolute Gasteiger partial charge is 0.302 e. The fraction of sp³-hybridized carbons (Fsp3) is 0.826. The van der Waals surface area contributed by atoms with Crippen LogP contribution < -0.4 is 0 Å². The van der Waals surface area contributed by atoms with Gasteiger partial charge in [0.1, 0.15) is 12.2 Å². The quantitative estimate of drug-likeness (QED) is 0.525. The number of hydrogen-bond acceptors (Lipinski definition) is 4. The summed E-state index contributed by atoms with van der Waals surface area (Å²) in [4.78, 5) is 23.7. The average molecular weight is 375 g/mol. The van der Waals surface area contributed by atoms with Crippen LogP contribution in [0.5, 0.6) is 0 Å². The molecule has 3 fully saturated rings. The Morgan fingerprint density at radius 1 is 1.11 bits per heavy atom. The van der Waals surface area contributed by atoms with Crippen LogP contribution in [0, 0.1) is 29.1 Å². The Balaban J connectivity index is 1.71. The Hall–Kier alpha value is -1.32. The number of carbonyl (C=O) groups excluding carboxylic acids is 2. The fourth-order valence-corrected chi connectivity index (χ4v) is 7.44. The number of esters is 2. The largest absolute Gasteiger partial charge is 0.462 e. The zero-order valence-electron chi connectivity index (χ0n) is 17.0. The van der Waals surface area contributed by atoms with E-state index in [0.717, 1.165) is 25.7 Å². The molecule has 0 heterocycles. The SMILES string of the molecule is CC[C@]12C[C@@H](OC(C)=O)[C@H]3[C@@H](CCC4=CCCC[C@H]43)[C@@H]1CC[C@@H]2OC(C)=O. The Bertz CT molecular complexity index is 638. The van der Waals surface area contributed by atoms with Crippen molar-refractivity contribution in [2.75, 3.05) is 0 Å². The summed E-state index contributed by atoms with van der Waals surface area (Å²) < 4.78 is 11.8. The zero-order valence-corrected chi connectivity index (χ0v) is 17.0. The van der Waals surface area contributed by atoms with Crippen LogP contribution in [0.4, 0.5) is 0 Å². The van der Waals surface area contributed by atoms with Gasteiger partial charge < -0.3 is 9.47 Å². The van der Waals surface area contributed by atoms with Crippen molar-refractivity contribution in [3.8, 4) is 0 Å². The summed E-state index contributed by atoms with van der Waals surface area (Å²) in [7, 11) is 0. The molecule has 0 aliphatic heterocycles. The summed E-state index contributed by atoms with van der Waals surface area (Å²) in [6, 6.07) is 0. The van der Waals surface area contributed by atoms with Crippen molar-refractivity contribution in [2.24, 2.45) is 29.1 Å². The highest BCUT2D eigenvalue weighted by Gasteiger charge is 2.62. The zero-order chi connectivity index (χ0) is 19.2. The van der Waals surface area contributed by atoms with E-state index in [1.165, 1.54) is 39.0 Å². The van der Waals surface area contributed by atoms with E-state index in [0.29, 0.717) is 23.7 Å². The molecule has 0 aromatic rings. The van der Waals surface area contributed by atoms with Crippen LogP contribution in [-0.2, 0) is 19.1 Å². The van der Waals surface area contributed by atoms with Crippen molar-refractivity contribution >= 4 is 11.9 Å². The lowest BCUT2D eigenvalue weighted by Crippen LogP contribution is -2.56. The highest BCUT2D eigenvalue weighted by molar-refractivity contribution is 5.66. The molecule has 0 amide bonds. The minimum absolute atomic E-state index is 0.0210. The lowest BCUT2D eigenvalue weighted by atomic mass is 9.50. The first-order chi connectivity index (χ1) is 13.0. The maximum atomic E-state index is 12.0. The van der Waals surface area contributed by atoms with Gasteiger partial charge in [-0.1, -0.05) is 18.6 Å². The van der Waals surface area contributed by atoms with Gasteiger partial charge in [0.25, 0.3) is 0 Å². The van der Waals surface area contributed by atoms with Crippen LogP contribution in [0.1, 0.15) is 78.6 Å². The maximum Gasteiger partial charge on any atom is 0.302 e. The van der Waals surface area contributed by atoms with E-state index in [1.807, 2.05) is 0 Å². The van der Waals surface area contributed by atoms with Crippen molar-refractivity contribution in [2.45, 2.75) is 90.8 Å². The fourth-order valence-electron chi connectivity index (χ4n) is 7.44. The van der Waals surface area contributed by atoms with Crippen molar-refractivity contribution < 1.29 is 19.1 Å². The standard InChI is InChI=1S/C23H34O4/c1-4-23-13-20(26-14(2)24)22-17-8-6-5-7-16(17)9-10-18(22)19(23)11-12-21(23)27-15(3)25/h7,17-22H,4-6,8-13H2,1-3H3/t17-,18+,19+,20-,21+,22-,23+/m1/s1. The third-order valence-corrected chi connectivity index (χ3v) is 8.26. The van der Waals surface area contributed by atoms with Gasteiger partial charge in [0.05, 0.1) is 0 Å². The first kappa shape index (κ1) is 19.0. The molecular formula is C23H34O4. The Labute approximate surface area is 163 Å². The van der Waals surface area contributed by atoms with Crippen molar-refractivity contribution in [3.05, 3.63) is 11.6 Å². The van der Waals surface area contributed by atoms with Crippen molar-refractivity contribution in [3.63, 3.8) is 0 Å². The third kappa shape index (κ3) is 3.13. The molecule has 0 saturated heterocycles. The lowest BCUT2D eigenvalue weighted by molar-refractivity contribution is -0.182. The second-order valence-electron chi connectivity index (χ2n) is 9.32. The van der Waals surface area contributed by atoms with E-state index < -0.39 is 0 Å². The van der Waals surface area contributed by atoms with E-state index in [9.17, 15) is 9.59 Å². The molecule has 0 bridgehead atoms. The first-order valence-corrected chi connectivity index (χ1v) is 11.0. The van der Waals surface area contributed by atoms with Crippen molar-refractivity contribution in [1.29, 1.82) is 0 Å². The van der Waals surface area contributed by atoms with E-state index in [2.05, 4.69) is 13.0 Å². The molecule has 4 heteroatoms. The molecule has 4 nitrogen and oxygen atoms in total. The van der Waals surface area contributed by atoms with E-state index in [4.69, 9.17) is 9.47 Å². The molecule has 4 aliphatic carbocycles. The van der Waals surface area contributed by atoms with Crippen LogP contribution in [0.3, 0.4) is 0 Å². The van der Waals surface area contributed by atoms with Gasteiger partial charge in [-0.05, 0) is 75.5 Å². The van der Waals surface area contributed by atoms with Gasteiger partial charge in [-0.3, -0.25) is 9.59 Å². The predicted octanol–water partition coefficient (Wildman–Crippen LogP) is 4.81. The number of ether oxygens (including phenoxy) is 2. The van der Waals surface area contributed by atoms with Gasteiger partial charge in [0.15, 0.2) is 0 Å². The number of carbonyl (C=O) groups is 2. The lowest BCUT2D eigenvalue weighted by Gasteiger charge is -2.57. The van der Waals surface area contributed by atoms with E-state index >= 15 is 0 Å².